The van der Waals surface area contributed by atoms with Crippen LogP contribution in [0.4, 0.5) is 17.1 Å². The molecule has 0 atom stereocenters. The van der Waals surface area contributed by atoms with Crippen LogP contribution in [0.5, 0.6) is 0 Å². The highest BCUT2D eigenvalue weighted by atomic mass is 15.1. The third-order valence-corrected chi connectivity index (χ3v) is 16.2. The zero-order valence-corrected chi connectivity index (χ0v) is 36.3. The van der Waals surface area contributed by atoms with Gasteiger partial charge in [-0.15, -0.1) is 0 Å². The second-order valence-corrected chi connectivity index (χ2v) is 19.5. The van der Waals surface area contributed by atoms with Gasteiger partial charge in [-0.25, -0.2) is 0 Å². The van der Waals surface area contributed by atoms with Crippen molar-refractivity contribution in [2.45, 2.75) is 55.8 Å². The third-order valence-electron chi connectivity index (χ3n) is 16.2. The topological polar surface area (TPSA) is 3.24 Å². The van der Waals surface area contributed by atoms with Gasteiger partial charge in [0.1, 0.15) is 0 Å². The van der Waals surface area contributed by atoms with E-state index >= 15 is 0 Å². The molecule has 2 spiro atoms. The summed E-state index contributed by atoms with van der Waals surface area (Å²) in [4.78, 5) is 2.55. The summed E-state index contributed by atoms with van der Waals surface area (Å²) in [5, 5.41) is 0. The van der Waals surface area contributed by atoms with Gasteiger partial charge in [-0.2, -0.15) is 0 Å². The van der Waals surface area contributed by atoms with Crippen molar-refractivity contribution in [1.82, 2.24) is 0 Å². The fourth-order valence-electron chi connectivity index (χ4n) is 13.6. The molecule has 0 amide bonds. The first-order chi connectivity index (χ1) is 31.5. The second-order valence-electron chi connectivity index (χ2n) is 19.5. The van der Waals surface area contributed by atoms with Crippen LogP contribution in [0.2, 0.25) is 0 Å². The number of rotatable bonds is 4. The number of fused-ring (bicyclic) bond motifs is 18. The van der Waals surface area contributed by atoms with E-state index in [9.17, 15) is 0 Å². The number of hydrogen-bond donors (Lipinski definition) is 0. The highest BCUT2D eigenvalue weighted by Crippen LogP contribution is 2.64. The maximum Gasteiger partial charge on any atom is 0.0726 e. The van der Waals surface area contributed by atoms with Gasteiger partial charge in [0, 0.05) is 27.9 Å². The quantitative estimate of drug-likeness (QED) is 0.171. The van der Waals surface area contributed by atoms with Crippen molar-refractivity contribution in [3.63, 3.8) is 0 Å². The molecule has 14 rings (SSSR count). The Kier molecular flexibility index (Phi) is 7.33. The SMILES string of the molecule is CC1(C)c2ccccc2-c2cccc(-c3ccc(N(c4ccc5c(c4)C4(CCCC4)c4ccccc4-5)c4ccc5c(c4)C4(c6ccccc6-c6ccccc64)c4ccccc4-5)cc3)c21. The molecule has 1 saturated carbocycles. The van der Waals surface area contributed by atoms with E-state index in [1.165, 1.54) is 137 Å². The van der Waals surface area contributed by atoms with E-state index in [2.05, 4.69) is 219 Å². The lowest BCUT2D eigenvalue weighted by molar-refractivity contribution is 0.550. The molecule has 1 heteroatoms. The lowest BCUT2D eigenvalue weighted by Gasteiger charge is -2.33. The van der Waals surface area contributed by atoms with Crippen LogP contribution < -0.4 is 4.90 Å². The van der Waals surface area contributed by atoms with Crippen LogP contribution >= 0.6 is 0 Å². The Balaban J connectivity index is 0.981. The summed E-state index contributed by atoms with van der Waals surface area (Å²) in [5.74, 6) is 0. The van der Waals surface area contributed by atoms with E-state index in [0.717, 1.165) is 5.69 Å². The van der Waals surface area contributed by atoms with Gasteiger partial charge in [0.05, 0.1) is 5.41 Å². The summed E-state index contributed by atoms with van der Waals surface area (Å²) >= 11 is 0. The molecule has 0 unspecified atom stereocenters. The van der Waals surface area contributed by atoms with Gasteiger partial charge in [0.15, 0.2) is 0 Å². The second kappa shape index (κ2) is 12.9. The molecule has 5 aliphatic carbocycles. The minimum atomic E-state index is -0.420. The lowest BCUT2D eigenvalue weighted by atomic mass is 9.70. The standard InChI is InChI=1S/C63H47N/c1-61(2)53-23-8-3-20-49(53)52-22-15-21-44(60(52)61)40-28-30-41(31-29-40)64(42-32-34-50-45-16-4-9-24-54(45)62(58(50)38-42)36-13-14-37-62)43-33-35-51-48-19-7-12-27-57(48)63(59(51)39-43)55-25-10-5-17-46(55)47-18-6-11-26-56(47)63/h3-12,15-35,38-39H,13-14,36-37H2,1-2H3. The van der Waals surface area contributed by atoms with Gasteiger partial charge in [0.2, 0.25) is 0 Å². The normalized spacial score (nSPS) is 16.4. The Morgan fingerprint density at radius 3 is 1.31 bits per heavy atom. The Bertz CT molecular complexity index is 3370. The predicted molar refractivity (Wildman–Crippen MR) is 265 cm³/mol. The van der Waals surface area contributed by atoms with Gasteiger partial charge in [-0.05, 0) is 149 Å². The first-order valence-corrected chi connectivity index (χ1v) is 23.3. The number of nitrogens with zero attached hydrogens (tertiary/aromatic N) is 1. The van der Waals surface area contributed by atoms with Crippen LogP contribution in [0, 0.1) is 0 Å². The van der Waals surface area contributed by atoms with Crippen LogP contribution in [-0.2, 0) is 16.2 Å². The molecule has 0 saturated heterocycles. The zero-order valence-electron chi connectivity index (χ0n) is 36.3. The molecule has 0 radical (unpaired) electrons. The van der Waals surface area contributed by atoms with E-state index < -0.39 is 5.41 Å². The van der Waals surface area contributed by atoms with E-state index in [4.69, 9.17) is 0 Å². The number of anilines is 3. The molecule has 5 aliphatic rings. The smallest absolute Gasteiger partial charge is 0.0726 e. The number of benzene rings is 9. The first kappa shape index (κ1) is 36.3. The molecule has 64 heavy (non-hydrogen) atoms. The highest BCUT2D eigenvalue weighted by molar-refractivity contribution is 5.97. The molecule has 0 aliphatic heterocycles. The van der Waals surface area contributed by atoms with Crippen LogP contribution in [0.1, 0.15) is 84.0 Å². The van der Waals surface area contributed by atoms with Crippen LogP contribution in [-0.4, -0.2) is 0 Å². The van der Waals surface area contributed by atoms with E-state index in [1.807, 2.05) is 0 Å². The summed E-state index contributed by atoms with van der Waals surface area (Å²) in [6.45, 7) is 4.78. The largest absolute Gasteiger partial charge is 0.310 e. The average Bonchev–Trinajstić information content (AvgIpc) is 4.14. The van der Waals surface area contributed by atoms with Gasteiger partial charge in [0.25, 0.3) is 0 Å². The van der Waals surface area contributed by atoms with E-state index in [1.54, 1.807) is 0 Å². The minimum Gasteiger partial charge on any atom is -0.310 e. The molecule has 0 aromatic heterocycles. The summed E-state index contributed by atoms with van der Waals surface area (Å²) in [6, 6.07) is 76.7. The molecule has 0 bridgehead atoms. The van der Waals surface area contributed by atoms with E-state index in [0.29, 0.717) is 0 Å². The van der Waals surface area contributed by atoms with Gasteiger partial charge in [-0.3, -0.25) is 0 Å². The maximum atomic E-state index is 2.57. The van der Waals surface area contributed by atoms with Gasteiger partial charge in [-0.1, -0.05) is 190 Å². The van der Waals surface area contributed by atoms with Crippen molar-refractivity contribution in [3.8, 4) is 55.6 Å². The third kappa shape index (κ3) is 4.54. The number of hydrogen-bond acceptors (Lipinski definition) is 1. The van der Waals surface area contributed by atoms with Crippen molar-refractivity contribution in [3.05, 3.63) is 245 Å². The Labute approximate surface area is 376 Å². The molecule has 0 heterocycles. The van der Waals surface area contributed by atoms with Crippen molar-refractivity contribution < 1.29 is 0 Å². The first-order valence-electron chi connectivity index (χ1n) is 23.3. The molecule has 1 fully saturated rings. The molecule has 304 valence electrons. The fourth-order valence-corrected chi connectivity index (χ4v) is 13.6. The molecule has 0 N–H and O–H groups in total. The zero-order chi connectivity index (χ0) is 42.4. The van der Waals surface area contributed by atoms with Gasteiger partial charge >= 0.3 is 0 Å². The summed E-state index contributed by atoms with van der Waals surface area (Å²) in [6.07, 6.45) is 4.94. The van der Waals surface area contributed by atoms with Crippen LogP contribution in [0.15, 0.2) is 200 Å². The molecular formula is C63H47N. The van der Waals surface area contributed by atoms with Crippen molar-refractivity contribution in [1.29, 1.82) is 0 Å². The fraction of sp³-hybridized carbons (Fsp3) is 0.143. The Hall–Kier alpha value is -7.22. The Morgan fingerprint density at radius 2 is 0.734 bits per heavy atom. The Morgan fingerprint density at radius 1 is 0.328 bits per heavy atom. The van der Waals surface area contributed by atoms with Crippen molar-refractivity contribution >= 4 is 17.1 Å². The highest BCUT2D eigenvalue weighted by Gasteiger charge is 2.52. The van der Waals surface area contributed by atoms with Crippen LogP contribution in [0.25, 0.3) is 55.6 Å². The molecular weight excluding hydrogens is 771 g/mol. The summed E-state index contributed by atoms with van der Waals surface area (Å²) in [5.41, 5.74) is 27.8. The van der Waals surface area contributed by atoms with Crippen LogP contribution in [0.3, 0.4) is 0 Å². The summed E-state index contributed by atoms with van der Waals surface area (Å²) < 4.78 is 0. The van der Waals surface area contributed by atoms with Gasteiger partial charge < -0.3 is 4.90 Å². The lowest BCUT2D eigenvalue weighted by Crippen LogP contribution is -2.26. The van der Waals surface area contributed by atoms with E-state index in [-0.39, 0.29) is 10.8 Å². The summed E-state index contributed by atoms with van der Waals surface area (Å²) in [7, 11) is 0. The predicted octanol–water partition coefficient (Wildman–Crippen LogP) is 16.3. The van der Waals surface area contributed by atoms with Crippen molar-refractivity contribution in [2.24, 2.45) is 0 Å². The molecule has 9 aromatic rings. The average molecular weight is 818 g/mol. The van der Waals surface area contributed by atoms with Crippen molar-refractivity contribution in [2.75, 3.05) is 4.90 Å². The molecule has 1 nitrogen and oxygen atoms in total. The minimum absolute atomic E-state index is 0.0659. The monoisotopic (exact) mass is 817 g/mol. The maximum absolute atomic E-state index is 2.57. The molecule has 9 aromatic carbocycles.